The van der Waals surface area contributed by atoms with Gasteiger partial charge in [-0.1, -0.05) is 0 Å². The van der Waals surface area contributed by atoms with E-state index in [1.54, 1.807) is 0 Å². The molecular formula is C10H17O5S+. The smallest absolute Gasteiger partial charge is 0.356 e. The van der Waals surface area contributed by atoms with E-state index in [1.807, 2.05) is 0 Å². The number of carbonyl (C=O) groups is 2. The van der Waals surface area contributed by atoms with Gasteiger partial charge in [-0.05, 0) is 0 Å². The zero-order valence-corrected chi connectivity index (χ0v) is 10.2. The Bertz CT molecular complexity index is 237. The summed E-state index contributed by atoms with van der Waals surface area (Å²) in [6.07, 6.45) is 0. The molecular weight excluding hydrogens is 232 g/mol. The second kappa shape index (κ2) is 7.51. The van der Waals surface area contributed by atoms with Gasteiger partial charge in [-0.25, -0.2) is 4.79 Å². The van der Waals surface area contributed by atoms with Gasteiger partial charge in [0, 0.05) is 17.8 Å². The van der Waals surface area contributed by atoms with Crippen LogP contribution < -0.4 is 0 Å². The van der Waals surface area contributed by atoms with Gasteiger partial charge in [-0.15, -0.1) is 0 Å². The minimum Gasteiger partial charge on any atom is -0.462 e. The SMILES string of the molecule is CC(=O)OCCOC(=O)C[S+]1CCOCC1. The molecule has 0 amide bonds. The fourth-order valence-electron chi connectivity index (χ4n) is 1.25. The van der Waals surface area contributed by atoms with Crippen molar-refractivity contribution in [3.63, 3.8) is 0 Å². The summed E-state index contributed by atoms with van der Waals surface area (Å²) in [5, 5.41) is 0. The highest BCUT2D eigenvalue weighted by Gasteiger charge is 2.26. The third-order valence-corrected chi connectivity index (χ3v) is 4.14. The van der Waals surface area contributed by atoms with Crippen molar-refractivity contribution >= 4 is 22.8 Å². The molecule has 0 atom stereocenters. The van der Waals surface area contributed by atoms with Gasteiger partial charge in [0.05, 0.1) is 13.2 Å². The fraction of sp³-hybridized carbons (Fsp3) is 0.800. The minimum atomic E-state index is -0.359. The third-order valence-electron chi connectivity index (χ3n) is 2.01. The van der Waals surface area contributed by atoms with Crippen LogP contribution in [0.2, 0.25) is 0 Å². The van der Waals surface area contributed by atoms with Gasteiger partial charge in [0.2, 0.25) is 5.75 Å². The Labute approximate surface area is 97.8 Å². The summed E-state index contributed by atoms with van der Waals surface area (Å²) in [7, 11) is 0.104. The molecule has 0 saturated carbocycles. The summed E-state index contributed by atoms with van der Waals surface area (Å²) in [4.78, 5) is 21.8. The topological polar surface area (TPSA) is 61.8 Å². The summed E-state index contributed by atoms with van der Waals surface area (Å²) < 4.78 is 14.8. The molecule has 1 saturated heterocycles. The van der Waals surface area contributed by atoms with E-state index in [-0.39, 0.29) is 36.0 Å². The molecule has 1 aliphatic heterocycles. The van der Waals surface area contributed by atoms with Crippen LogP contribution in [0.1, 0.15) is 6.92 Å². The first-order chi connectivity index (χ1) is 7.68. The summed E-state index contributed by atoms with van der Waals surface area (Å²) in [6, 6.07) is 0. The molecule has 1 heterocycles. The summed E-state index contributed by atoms with van der Waals surface area (Å²) in [5.74, 6) is 1.78. The van der Waals surface area contributed by atoms with E-state index in [0.717, 1.165) is 24.7 Å². The normalized spacial score (nSPS) is 16.8. The number of carbonyl (C=O) groups excluding carboxylic acids is 2. The lowest BCUT2D eigenvalue weighted by Crippen LogP contribution is -2.32. The number of rotatable bonds is 5. The Balaban J connectivity index is 2.03. The number of ether oxygens (including phenoxy) is 3. The zero-order chi connectivity index (χ0) is 11.8. The molecule has 1 aliphatic rings. The predicted octanol–water partition coefficient (Wildman–Crippen LogP) is -0.259. The van der Waals surface area contributed by atoms with Crippen LogP contribution in [-0.2, 0) is 34.7 Å². The average Bonchev–Trinajstić information content (AvgIpc) is 2.25. The summed E-state index contributed by atoms with van der Waals surface area (Å²) in [5.41, 5.74) is 0. The first-order valence-corrected chi connectivity index (χ1v) is 6.92. The molecule has 0 aromatic rings. The van der Waals surface area contributed by atoms with E-state index in [4.69, 9.17) is 9.47 Å². The maximum atomic E-state index is 11.4. The number of hydrogen-bond acceptors (Lipinski definition) is 5. The van der Waals surface area contributed by atoms with Crippen molar-refractivity contribution in [2.75, 3.05) is 43.7 Å². The zero-order valence-electron chi connectivity index (χ0n) is 9.40. The third kappa shape index (κ3) is 5.97. The van der Waals surface area contributed by atoms with E-state index >= 15 is 0 Å². The molecule has 0 spiro atoms. The Hall–Kier alpha value is -0.750. The first-order valence-electron chi connectivity index (χ1n) is 5.19. The highest BCUT2D eigenvalue weighted by molar-refractivity contribution is 7.97. The lowest BCUT2D eigenvalue weighted by atomic mass is 10.7. The lowest BCUT2D eigenvalue weighted by molar-refractivity contribution is -0.149. The minimum absolute atomic E-state index is 0.104. The quantitative estimate of drug-likeness (QED) is 0.382. The van der Waals surface area contributed by atoms with E-state index in [0.29, 0.717) is 5.75 Å². The van der Waals surface area contributed by atoms with Crippen molar-refractivity contribution < 1.29 is 23.8 Å². The van der Waals surface area contributed by atoms with E-state index < -0.39 is 0 Å². The van der Waals surface area contributed by atoms with Gasteiger partial charge < -0.3 is 14.2 Å². The molecule has 1 rings (SSSR count). The molecule has 5 nitrogen and oxygen atoms in total. The molecule has 0 aromatic carbocycles. The van der Waals surface area contributed by atoms with Crippen LogP contribution in [0.3, 0.4) is 0 Å². The molecule has 0 unspecified atom stereocenters. The predicted molar refractivity (Wildman–Crippen MR) is 60.4 cm³/mol. The van der Waals surface area contributed by atoms with E-state index in [9.17, 15) is 9.59 Å². The molecule has 92 valence electrons. The van der Waals surface area contributed by atoms with Crippen molar-refractivity contribution in [1.82, 2.24) is 0 Å². The molecule has 0 aliphatic carbocycles. The van der Waals surface area contributed by atoms with Gasteiger partial charge >= 0.3 is 11.9 Å². The molecule has 6 heteroatoms. The van der Waals surface area contributed by atoms with E-state index in [1.165, 1.54) is 6.92 Å². The number of hydrogen-bond donors (Lipinski definition) is 0. The molecule has 1 fully saturated rings. The molecule has 16 heavy (non-hydrogen) atoms. The second-order valence-electron chi connectivity index (χ2n) is 3.34. The molecule has 0 N–H and O–H groups in total. The standard InChI is InChI=1S/C10H17O5S/c1-9(11)14-2-3-15-10(12)8-16-6-4-13-5-7-16/h2-8H2,1H3/q+1. The Kier molecular flexibility index (Phi) is 6.25. The van der Waals surface area contributed by atoms with Gasteiger partial charge in [-0.3, -0.25) is 4.79 Å². The van der Waals surface area contributed by atoms with Crippen LogP contribution in [0.4, 0.5) is 0 Å². The molecule has 0 aromatic heterocycles. The van der Waals surface area contributed by atoms with Crippen molar-refractivity contribution in [3.05, 3.63) is 0 Å². The Morgan fingerprint density at radius 3 is 2.44 bits per heavy atom. The highest BCUT2D eigenvalue weighted by atomic mass is 32.2. The van der Waals surface area contributed by atoms with Crippen molar-refractivity contribution in [3.8, 4) is 0 Å². The highest BCUT2D eigenvalue weighted by Crippen LogP contribution is 2.04. The lowest BCUT2D eigenvalue weighted by Gasteiger charge is -2.13. The van der Waals surface area contributed by atoms with Crippen LogP contribution in [-0.4, -0.2) is 55.6 Å². The van der Waals surface area contributed by atoms with Gasteiger partial charge in [-0.2, -0.15) is 0 Å². The fourth-order valence-corrected chi connectivity index (χ4v) is 2.87. The largest absolute Gasteiger partial charge is 0.462 e. The van der Waals surface area contributed by atoms with Crippen LogP contribution in [0, 0.1) is 0 Å². The Morgan fingerprint density at radius 2 is 1.81 bits per heavy atom. The maximum absolute atomic E-state index is 11.4. The van der Waals surface area contributed by atoms with Crippen LogP contribution >= 0.6 is 0 Å². The van der Waals surface area contributed by atoms with Crippen LogP contribution in [0.25, 0.3) is 0 Å². The van der Waals surface area contributed by atoms with Crippen LogP contribution in [0.15, 0.2) is 0 Å². The number of esters is 2. The van der Waals surface area contributed by atoms with Gasteiger partial charge in [0.1, 0.15) is 24.7 Å². The van der Waals surface area contributed by atoms with Crippen molar-refractivity contribution in [2.45, 2.75) is 6.92 Å². The summed E-state index contributed by atoms with van der Waals surface area (Å²) >= 11 is 0. The van der Waals surface area contributed by atoms with Gasteiger partial charge in [0.15, 0.2) is 0 Å². The van der Waals surface area contributed by atoms with Crippen molar-refractivity contribution in [2.24, 2.45) is 0 Å². The molecule has 0 radical (unpaired) electrons. The van der Waals surface area contributed by atoms with Gasteiger partial charge in [0.25, 0.3) is 0 Å². The van der Waals surface area contributed by atoms with E-state index in [2.05, 4.69) is 4.74 Å². The maximum Gasteiger partial charge on any atom is 0.356 e. The Morgan fingerprint density at radius 1 is 1.19 bits per heavy atom. The van der Waals surface area contributed by atoms with Crippen molar-refractivity contribution in [1.29, 1.82) is 0 Å². The average molecular weight is 249 g/mol. The monoisotopic (exact) mass is 249 g/mol. The second-order valence-corrected chi connectivity index (χ2v) is 5.67. The first kappa shape index (κ1) is 13.3. The van der Waals surface area contributed by atoms with Crippen LogP contribution in [0.5, 0.6) is 0 Å². The summed E-state index contributed by atoms with van der Waals surface area (Å²) in [6.45, 7) is 3.09. The molecule has 0 bridgehead atoms.